The second-order valence-corrected chi connectivity index (χ2v) is 14.6. The van der Waals surface area contributed by atoms with Gasteiger partial charge in [-0.05, 0) is 50.6 Å². The molecule has 0 spiro atoms. The van der Waals surface area contributed by atoms with Crippen LogP contribution in [0.2, 0.25) is 0 Å². The van der Waals surface area contributed by atoms with Gasteiger partial charge in [0, 0.05) is 36.9 Å². The maximum Gasteiger partial charge on any atom is 0.164 e. The van der Waals surface area contributed by atoms with Crippen LogP contribution >= 0.6 is 11.3 Å². The number of fused-ring (bicyclic) bond motifs is 3. The van der Waals surface area contributed by atoms with Gasteiger partial charge >= 0.3 is 0 Å². The van der Waals surface area contributed by atoms with Gasteiger partial charge in [-0.25, -0.2) is 15.0 Å². The lowest BCUT2D eigenvalue weighted by Gasteiger charge is -2.10. The van der Waals surface area contributed by atoms with Crippen molar-refractivity contribution >= 4 is 31.5 Å². The molecule has 55 heavy (non-hydrogen) atoms. The maximum atomic E-state index is 5.06. The topological polar surface area (TPSA) is 38.7 Å². The van der Waals surface area contributed by atoms with Gasteiger partial charge in [-0.2, -0.15) is 0 Å². The predicted molar refractivity (Wildman–Crippen MR) is 231 cm³/mol. The van der Waals surface area contributed by atoms with E-state index in [0.29, 0.717) is 17.5 Å². The van der Waals surface area contributed by atoms with E-state index in [0.717, 1.165) is 33.4 Å². The van der Waals surface area contributed by atoms with Gasteiger partial charge in [0.1, 0.15) is 0 Å². The van der Waals surface area contributed by atoms with Crippen molar-refractivity contribution in [3.8, 4) is 78.7 Å². The molecule has 2 heterocycles. The molecule has 0 saturated carbocycles. The number of hydrogen-bond acceptors (Lipinski definition) is 4. The molecule has 0 fully saturated rings. The third-order valence-electron chi connectivity index (χ3n) is 10.2. The molecule has 258 valence electrons. The minimum absolute atomic E-state index is 0.642. The first kappa shape index (κ1) is 32.6. The molecule has 4 heteroatoms. The first-order valence-electron chi connectivity index (χ1n) is 18.4. The normalized spacial score (nSPS) is 11.3. The van der Waals surface area contributed by atoms with Crippen LogP contribution in [0.1, 0.15) is 0 Å². The first-order chi connectivity index (χ1) is 27.2. The number of thiophene rings is 1. The molecule has 0 aliphatic heterocycles. The predicted octanol–water partition coefficient (Wildman–Crippen LogP) is 13.9. The zero-order valence-corrected chi connectivity index (χ0v) is 30.6. The third-order valence-corrected chi connectivity index (χ3v) is 11.5. The molecule has 3 nitrogen and oxygen atoms in total. The Hall–Kier alpha value is -7.01. The average molecular weight is 720 g/mol. The van der Waals surface area contributed by atoms with Crippen LogP contribution in [0, 0.1) is 0 Å². The van der Waals surface area contributed by atoms with Crippen LogP contribution in [-0.2, 0) is 0 Å². The Bertz CT molecular complexity index is 2940. The van der Waals surface area contributed by atoms with E-state index < -0.39 is 0 Å². The molecule has 0 aliphatic carbocycles. The summed E-state index contributed by atoms with van der Waals surface area (Å²) in [5, 5.41) is 2.56. The molecule has 0 bridgehead atoms. The molecule has 0 unspecified atom stereocenters. The second kappa shape index (κ2) is 14.1. The Morgan fingerprint density at radius 2 is 0.600 bits per heavy atom. The summed E-state index contributed by atoms with van der Waals surface area (Å²) in [5.74, 6) is 1.94. The Kier molecular flexibility index (Phi) is 8.36. The van der Waals surface area contributed by atoms with Crippen molar-refractivity contribution in [2.24, 2.45) is 0 Å². The van der Waals surface area contributed by atoms with Gasteiger partial charge in [0.15, 0.2) is 17.5 Å². The van der Waals surface area contributed by atoms with Crippen LogP contribution < -0.4 is 0 Å². The van der Waals surface area contributed by atoms with Gasteiger partial charge in [0.2, 0.25) is 0 Å². The number of benzene rings is 8. The molecule has 0 saturated heterocycles. The summed E-state index contributed by atoms with van der Waals surface area (Å²) >= 11 is 1.87. The summed E-state index contributed by atoms with van der Waals surface area (Å²) in [6.07, 6.45) is 0. The molecular weight excluding hydrogens is 687 g/mol. The van der Waals surface area contributed by atoms with Crippen LogP contribution in [0.3, 0.4) is 0 Å². The smallest absolute Gasteiger partial charge is 0.164 e. The van der Waals surface area contributed by atoms with Crippen molar-refractivity contribution < 1.29 is 0 Å². The quantitative estimate of drug-likeness (QED) is 0.165. The second-order valence-electron chi connectivity index (χ2n) is 13.6. The fourth-order valence-corrected chi connectivity index (χ4v) is 8.74. The lowest BCUT2D eigenvalue weighted by Crippen LogP contribution is -2.00. The fourth-order valence-electron chi connectivity index (χ4n) is 7.37. The summed E-state index contributed by atoms with van der Waals surface area (Å²) < 4.78 is 2.59. The summed E-state index contributed by atoms with van der Waals surface area (Å²) in [4.78, 5) is 15.0. The molecule has 8 aromatic carbocycles. The van der Waals surface area contributed by atoms with Crippen LogP contribution in [0.5, 0.6) is 0 Å². The molecule has 0 atom stereocenters. The maximum absolute atomic E-state index is 5.06. The van der Waals surface area contributed by atoms with Crippen LogP contribution in [0.25, 0.3) is 98.8 Å². The van der Waals surface area contributed by atoms with Crippen molar-refractivity contribution in [2.75, 3.05) is 0 Å². The van der Waals surface area contributed by atoms with E-state index in [1.165, 1.54) is 48.0 Å². The minimum atomic E-state index is 0.642. The highest BCUT2D eigenvalue weighted by Crippen LogP contribution is 2.44. The lowest BCUT2D eigenvalue weighted by atomic mass is 9.98. The van der Waals surface area contributed by atoms with E-state index in [1.807, 2.05) is 47.7 Å². The van der Waals surface area contributed by atoms with Crippen molar-refractivity contribution in [1.82, 2.24) is 15.0 Å². The SMILES string of the molecule is c1ccc(-c2ccc(-c3cccc4c3sc3c(-c5ccc(-c6nc(-c7ccccc7)nc(-c7cccc(-c8ccccc8)c7)n6)cc5)cccc34)cc2)cc1. The van der Waals surface area contributed by atoms with Crippen LogP contribution in [0.4, 0.5) is 0 Å². The van der Waals surface area contributed by atoms with E-state index >= 15 is 0 Å². The molecule has 2 aromatic heterocycles. The van der Waals surface area contributed by atoms with Gasteiger partial charge in [0.25, 0.3) is 0 Å². The first-order valence-corrected chi connectivity index (χ1v) is 19.3. The monoisotopic (exact) mass is 719 g/mol. The molecule has 10 aromatic rings. The third kappa shape index (κ3) is 6.29. The van der Waals surface area contributed by atoms with E-state index in [4.69, 9.17) is 15.0 Å². The number of hydrogen-bond donors (Lipinski definition) is 0. The van der Waals surface area contributed by atoms with Gasteiger partial charge < -0.3 is 0 Å². The summed E-state index contributed by atoms with van der Waals surface area (Å²) in [6, 6.07) is 70.4. The lowest BCUT2D eigenvalue weighted by molar-refractivity contribution is 1.07. The Balaban J connectivity index is 1.02. The number of rotatable bonds is 7. The van der Waals surface area contributed by atoms with Crippen molar-refractivity contribution in [3.63, 3.8) is 0 Å². The van der Waals surface area contributed by atoms with Gasteiger partial charge in [-0.3, -0.25) is 0 Å². The number of aromatic nitrogens is 3. The Morgan fingerprint density at radius 3 is 1.13 bits per heavy atom. The average Bonchev–Trinajstić information content (AvgIpc) is 3.67. The van der Waals surface area contributed by atoms with E-state index in [9.17, 15) is 0 Å². The van der Waals surface area contributed by atoms with Crippen molar-refractivity contribution in [2.45, 2.75) is 0 Å². The highest BCUT2D eigenvalue weighted by molar-refractivity contribution is 7.26. The summed E-state index contributed by atoms with van der Waals surface area (Å²) in [7, 11) is 0. The molecular formula is C51H33N3S. The zero-order valence-electron chi connectivity index (χ0n) is 29.8. The van der Waals surface area contributed by atoms with Crippen molar-refractivity contribution in [1.29, 1.82) is 0 Å². The minimum Gasteiger partial charge on any atom is -0.208 e. The summed E-state index contributed by atoms with van der Waals surface area (Å²) in [5.41, 5.74) is 12.4. The zero-order chi connectivity index (χ0) is 36.6. The largest absolute Gasteiger partial charge is 0.208 e. The molecule has 10 rings (SSSR count). The van der Waals surface area contributed by atoms with E-state index in [2.05, 4.69) is 164 Å². The summed E-state index contributed by atoms with van der Waals surface area (Å²) in [6.45, 7) is 0. The Labute approximate surface area is 323 Å². The van der Waals surface area contributed by atoms with E-state index in [1.54, 1.807) is 0 Å². The van der Waals surface area contributed by atoms with E-state index in [-0.39, 0.29) is 0 Å². The fraction of sp³-hybridized carbons (Fsp3) is 0. The van der Waals surface area contributed by atoms with Gasteiger partial charge in [-0.1, -0.05) is 194 Å². The highest BCUT2D eigenvalue weighted by Gasteiger charge is 2.16. The van der Waals surface area contributed by atoms with Crippen LogP contribution in [-0.4, -0.2) is 15.0 Å². The van der Waals surface area contributed by atoms with Crippen LogP contribution in [0.15, 0.2) is 200 Å². The van der Waals surface area contributed by atoms with Gasteiger partial charge in [0.05, 0.1) is 0 Å². The van der Waals surface area contributed by atoms with Gasteiger partial charge in [-0.15, -0.1) is 11.3 Å². The molecule has 0 aliphatic rings. The molecule has 0 N–H and O–H groups in total. The van der Waals surface area contributed by atoms with Crippen molar-refractivity contribution in [3.05, 3.63) is 200 Å². The standard InChI is InChI=1S/C51H33N3S/c1-4-13-34(14-5-1)36-25-27-37(28-26-36)43-21-11-23-45-46-24-12-22-44(48(46)55-47(43)45)38-29-31-40(32-30-38)50-52-49(39-17-8-3-9-18-39)53-51(54-50)42-20-10-19-41(33-42)35-15-6-2-7-16-35/h1-33H. The Morgan fingerprint density at radius 1 is 0.255 bits per heavy atom. The molecule has 0 radical (unpaired) electrons. The molecule has 0 amide bonds. The number of nitrogens with zero attached hydrogens (tertiary/aromatic N) is 3. The highest BCUT2D eigenvalue weighted by atomic mass is 32.1.